The molecule has 0 spiro atoms. The molecule has 3 N–H and O–H groups in total. The van der Waals surface area contributed by atoms with Crippen molar-refractivity contribution in [1.29, 1.82) is 0 Å². The van der Waals surface area contributed by atoms with E-state index < -0.39 is 6.10 Å². The van der Waals surface area contributed by atoms with E-state index in [4.69, 9.17) is 15.0 Å². The summed E-state index contributed by atoms with van der Waals surface area (Å²) in [7, 11) is 0. The number of aliphatic hydroxyl groups excluding tert-OH is 2. The molecule has 204 valence electrons. The Kier molecular flexibility index (Phi) is 6.09. The van der Waals surface area contributed by atoms with Crippen molar-refractivity contribution in [2.45, 2.75) is 69.9 Å². The van der Waals surface area contributed by atoms with Gasteiger partial charge in [-0.2, -0.15) is 0 Å². The van der Waals surface area contributed by atoms with Crippen molar-refractivity contribution in [2.24, 2.45) is 0 Å². The number of rotatable bonds is 6. The fourth-order valence-electron chi connectivity index (χ4n) is 6.53. The highest BCUT2D eigenvalue weighted by Gasteiger charge is 2.41. The smallest absolute Gasteiger partial charge is 0.237 e. The third-order valence-corrected chi connectivity index (χ3v) is 8.63. The van der Waals surface area contributed by atoms with Crippen molar-refractivity contribution in [3.05, 3.63) is 41.3 Å². The van der Waals surface area contributed by atoms with Gasteiger partial charge in [-0.1, -0.05) is 6.07 Å². The quantitative estimate of drug-likeness (QED) is 0.434. The Morgan fingerprint density at radius 2 is 1.90 bits per heavy atom. The highest BCUT2D eigenvalue weighted by atomic mass is 16.3. The highest BCUT2D eigenvalue weighted by Crippen LogP contribution is 2.42. The molecule has 2 bridgehead atoms. The van der Waals surface area contributed by atoms with Crippen LogP contribution in [0.5, 0.6) is 0 Å². The molecule has 0 aliphatic carbocycles. The van der Waals surface area contributed by atoms with Crippen LogP contribution >= 0.6 is 0 Å². The normalized spacial score (nSPS) is 23.7. The standard InChI is InChI=1S/C28H34N8O3/c1-16(37)23-10-18-11-29-28(33-26(18)27(31-23)36-19-3-4-20(36)6-5-19)32-24-7-2-17-12-35(9-8-22(17)30-24)25(39)15-34-13-21(38)14-34/h2,7,10-11,16,19-21,37-38H,3-6,8-9,12-15H2,1H3,(H,29,30,32,33). The van der Waals surface area contributed by atoms with Gasteiger partial charge >= 0.3 is 0 Å². The number of anilines is 3. The SMILES string of the molecule is CC(O)c1cc2cnc(Nc3ccc4c(n3)CCN(C(=O)CN3CC(O)C3)C4)nc2c(N2C3CCC2CC3)n1. The number of β-amino-alcohol motifs (C(OH)–C–C–N with tert-alkyl or cyclic N) is 1. The second-order valence-corrected chi connectivity index (χ2v) is 11.4. The van der Waals surface area contributed by atoms with Gasteiger partial charge in [0, 0.05) is 62.0 Å². The molecular weight excluding hydrogens is 496 g/mol. The van der Waals surface area contributed by atoms with E-state index in [0.717, 1.165) is 28.0 Å². The Morgan fingerprint density at radius 3 is 2.62 bits per heavy atom. The van der Waals surface area contributed by atoms with Crippen LogP contribution in [-0.2, 0) is 17.8 Å². The molecule has 0 radical (unpaired) electrons. The lowest BCUT2D eigenvalue weighted by Gasteiger charge is -2.37. The lowest BCUT2D eigenvalue weighted by molar-refractivity contribution is -0.136. The minimum absolute atomic E-state index is 0.0916. The van der Waals surface area contributed by atoms with Crippen molar-refractivity contribution < 1.29 is 15.0 Å². The van der Waals surface area contributed by atoms with Gasteiger partial charge in [-0.05, 0) is 50.3 Å². The first kappa shape index (κ1) is 24.6. The van der Waals surface area contributed by atoms with E-state index in [1.54, 1.807) is 13.1 Å². The fraction of sp³-hybridized carbons (Fsp3) is 0.536. The predicted octanol–water partition coefficient (Wildman–Crippen LogP) is 1.91. The number of nitrogens with one attached hydrogen (secondary N) is 1. The number of fused-ring (bicyclic) bond motifs is 4. The summed E-state index contributed by atoms with van der Waals surface area (Å²) in [6.07, 6.45) is 6.20. The second-order valence-electron chi connectivity index (χ2n) is 11.4. The Hall–Kier alpha value is -3.41. The summed E-state index contributed by atoms with van der Waals surface area (Å²) < 4.78 is 0. The summed E-state index contributed by atoms with van der Waals surface area (Å²) in [4.78, 5) is 38.1. The van der Waals surface area contributed by atoms with E-state index >= 15 is 0 Å². The molecule has 11 nitrogen and oxygen atoms in total. The molecule has 3 saturated heterocycles. The van der Waals surface area contributed by atoms with Crippen LogP contribution in [0.15, 0.2) is 24.4 Å². The largest absolute Gasteiger partial charge is 0.390 e. The van der Waals surface area contributed by atoms with Gasteiger partial charge in [0.1, 0.15) is 11.3 Å². The molecule has 1 amide bonds. The van der Waals surface area contributed by atoms with Gasteiger partial charge in [-0.25, -0.2) is 19.9 Å². The fourth-order valence-corrected chi connectivity index (χ4v) is 6.53. The Labute approximate surface area is 226 Å². The number of aromatic nitrogens is 4. The van der Waals surface area contributed by atoms with Crippen LogP contribution in [0.4, 0.5) is 17.6 Å². The molecular formula is C28H34N8O3. The van der Waals surface area contributed by atoms with Gasteiger partial charge < -0.3 is 25.3 Å². The van der Waals surface area contributed by atoms with E-state index in [0.29, 0.717) is 68.7 Å². The molecule has 39 heavy (non-hydrogen) atoms. The van der Waals surface area contributed by atoms with E-state index in [-0.39, 0.29) is 12.0 Å². The number of amides is 1. The molecule has 4 aliphatic rings. The molecule has 3 aromatic rings. The average Bonchev–Trinajstić information content (AvgIpc) is 3.52. The summed E-state index contributed by atoms with van der Waals surface area (Å²) in [5.74, 6) is 2.06. The van der Waals surface area contributed by atoms with Crippen molar-refractivity contribution in [2.75, 3.05) is 36.4 Å². The van der Waals surface area contributed by atoms with Crippen molar-refractivity contribution in [3.63, 3.8) is 0 Å². The summed E-state index contributed by atoms with van der Waals surface area (Å²) in [5, 5.41) is 23.9. The molecule has 3 fully saturated rings. The monoisotopic (exact) mass is 530 g/mol. The third kappa shape index (κ3) is 4.58. The average molecular weight is 531 g/mol. The summed E-state index contributed by atoms with van der Waals surface area (Å²) in [6, 6.07) is 6.75. The summed E-state index contributed by atoms with van der Waals surface area (Å²) in [5.41, 5.74) is 3.45. The maximum Gasteiger partial charge on any atom is 0.237 e. The van der Waals surface area contributed by atoms with E-state index in [9.17, 15) is 15.0 Å². The zero-order valence-corrected chi connectivity index (χ0v) is 22.1. The molecule has 7 rings (SSSR count). The molecule has 4 aliphatic heterocycles. The zero-order chi connectivity index (χ0) is 26.7. The van der Waals surface area contributed by atoms with Gasteiger partial charge in [0.25, 0.3) is 0 Å². The van der Waals surface area contributed by atoms with Crippen LogP contribution in [-0.4, -0.2) is 90.2 Å². The first-order chi connectivity index (χ1) is 18.9. The Bertz CT molecular complexity index is 1410. The van der Waals surface area contributed by atoms with Crippen molar-refractivity contribution in [1.82, 2.24) is 29.7 Å². The van der Waals surface area contributed by atoms with Crippen LogP contribution < -0.4 is 10.2 Å². The van der Waals surface area contributed by atoms with Crippen LogP contribution in [0.3, 0.4) is 0 Å². The number of pyridine rings is 2. The van der Waals surface area contributed by atoms with E-state index in [2.05, 4.69) is 15.2 Å². The number of nitrogens with zero attached hydrogens (tertiary/aromatic N) is 7. The maximum absolute atomic E-state index is 12.7. The van der Waals surface area contributed by atoms with Crippen molar-refractivity contribution in [3.8, 4) is 0 Å². The van der Waals surface area contributed by atoms with Gasteiger partial charge in [-0.3, -0.25) is 9.69 Å². The molecule has 1 atom stereocenters. The topological polar surface area (TPSA) is 131 Å². The molecule has 11 heteroatoms. The number of likely N-dealkylation sites (tertiary alicyclic amines) is 1. The third-order valence-electron chi connectivity index (χ3n) is 8.63. The van der Waals surface area contributed by atoms with Crippen molar-refractivity contribution >= 4 is 34.4 Å². The van der Waals surface area contributed by atoms with Gasteiger partial charge in [0.2, 0.25) is 11.9 Å². The Balaban J connectivity index is 1.11. The van der Waals surface area contributed by atoms with Crippen LogP contribution in [0, 0.1) is 0 Å². The summed E-state index contributed by atoms with van der Waals surface area (Å²) in [6.45, 7) is 4.41. The Morgan fingerprint density at radius 1 is 1.13 bits per heavy atom. The predicted molar refractivity (Wildman–Crippen MR) is 146 cm³/mol. The highest BCUT2D eigenvalue weighted by molar-refractivity contribution is 5.90. The number of carbonyl (C=O) groups excluding carboxylic acids is 1. The second kappa shape index (κ2) is 9.65. The van der Waals surface area contributed by atoms with Gasteiger partial charge in [0.05, 0.1) is 24.4 Å². The first-order valence-corrected chi connectivity index (χ1v) is 14.0. The van der Waals surface area contributed by atoms with Crippen LogP contribution in [0.1, 0.15) is 55.7 Å². The zero-order valence-electron chi connectivity index (χ0n) is 22.1. The summed E-state index contributed by atoms with van der Waals surface area (Å²) >= 11 is 0. The van der Waals surface area contributed by atoms with Crippen LogP contribution in [0.25, 0.3) is 10.9 Å². The molecule has 7 heterocycles. The first-order valence-electron chi connectivity index (χ1n) is 14.0. The maximum atomic E-state index is 12.7. The number of carbonyl (C=O) groups is 1. The van der Waals surface area contributed by atoms with Crippen LogP contribution in [0.2, 0.25) is 0 Å². The molecule has 0 aromatic carbocycles. The number of hydrogen-bond acceptors (Lipinski definition) is 10. The van der Waals surface area contributed by atoms with Gasteiger partial charge in [0.15, 0.2) is 5.82 Å². The molecule has 0 saturated carbocycles. The van der Waals surface area contributed by atoms with E-state index in [1.807, 2.05) is 28.0 Å². The molecule has 1 unspecified atom stereocenters. The minimum atomic E-state index is -0.666. The number of aliphatic hydroxyl groups is 2. The molecule has 3 aromatic heterocycles. The van der Waals surface area contributed by atoms with Gasteiger partial charge in [-0.15, -0.1) is 0 Å². The lowest BCUT2D eigenvalue weighted by Crippen LogP contribution is -2.54. The van der Waals surface area contributed by atoms with E-state index in [1.165, 1.54) is 25.7 Å². The number of hydrogen-bond donors (Lipinski definition) is 3. The lowest BCUT2D eigenvalue weighted by atomic mass is 10.0. The minimum Gasteiger partial charge on any atom is -0.390 e.